The standard InChI is InChI=1S/C14H27NO/c1-2-3-4-5-9-12-16-14-11-8-6-7-10-13(14)15/h2,13-14H,1,3-12,15H2. The molecule has 2 heteroatoms. The van der Waals surface area contributed by atoms with Crippen molar-refractivity contribution in [1.82, 2.24) is 0 Å². The summed E-state index contributed by atoms with van der Waals surface area (Å²) in [7, 11) is 0. The summed E-state index contributed by atoms with van der Waals surface area (Å²) in [5.74, 6) is 0. The normalized spacial score (nSPS) is 26.3. The molecule has 1 aliphatic rings. The molecule has 0 aromatic heterocycles. The van der Waals surface area contributed by atoms with Crippen LogP contribution in [0.25, 0.3) is 0 Å². The van der Waals surface area contributed by atoms with Gasteiger partial charge in [0.1, 0.15) is 0 Å². The number of unbranched alkanes of at least 4 members (excludes halogenated alkanes) is 3. The third-order valence-corrected chi connectivity index (χ3v) is 3.39. The molecule has 94 valence electrons. The van der Waals surface area contributed by atoms with Gasteiger partial charge in [-0.1, -0.05) is 31.8 Å². The smallest absolute Gasteiger partial charge is 0.0725 e. The molecule has 0 aromatic carbocycles. The molecular formula is C14H27NO. The summed E-state index contributed by atoms with van der Waals surface area (Å²) < 4.78 is 5.90. The lowest BCUT2D eigenvalue weighted by Crippen LogP contribution is -2.35. The average molecular weight is 225 g/mol. The van der Waals surface area contributed by atoms with Crippen molar-refractivity contribution >= 4 is 0 Å². The minimum absolute atomic E-state index is 0.274. The summed E-state index contributed by atoms with van der Waals surface area (Å²) in [6.07, 6.45) is 13.3. The summed E-state index contributed by atoms with van der Waals surface area (Å²) in [5, 5.41) is 0. The van der Waals surface area contributed by atoms with E-state index < -0.39 is 0 Å². The molecule has 16 heavy (non-hydrogen) atoms. The van der Waals surface area contributed by atoms with E-state index >= 15 is 0 Å². The summed E-state index contributed by atoms with van der Waals surface area (Å²) >= 11 is 0. The molecule has 1 fully saturated rings. The molecule has 0 radical (unpaired) electrons. The second-order valence-corrected chi connectivity index (χ2v) is 4.85. The molecule has 2 unspecified atom stereocenters. The number of nitrogens with two attached hydrogens (primary N) is 1. The number of allylic oxidation sites excluding steroid dienone is 1. The molecule has 2 nitrogen and oxygen atoms in total. The van der Waals surface area contributed by atoms with Gasteiger partial charge in [0, 0.05) is 12.6 Å². The lowest BCUT2D eigenvalue weighted by atomic mass is 10.1. The van der Waals surface area contributed by atoms with Crippen molar-refractivity contribution < 1.29 is 4.74 Å². The van der Waals surface area contributed by atoms with E-state index in [9.17, 15) is 0 Å². The van der Waals surface area contributed by atoms with Crippen LogP contribution in [0.2, 0.25) is 0 Å². The molecule has 0 aliphatic heterocycles. The highest BCUT2D eigenvalue weighted by Gasteiger charge is 2.20. The highest BCUT2D eigenvalue weighted by Crippen LogP contribution is 2.19. The minimum Gasteiger partial charge on any atom is -0.377 e. The van der Waals surface area contributed by atoms with Gasteiger partial charge in [0.05, 0.1) is 6.10 Å². The van der Waals surface area contributed by atoms with Crippen molar-refractivity contribution in [3.8, 4) is 0 Å². The number of hydrogen-bond acceptors (Lipinski definition) is 2. The SMILES string of the molecule is C=CCCCCCOC1CCCCCC1N. The Balaban J connectivity index is 2.03. The summed E-state index contributed by atoms with van der Waals surface area (Å²) in [6, 6.07) is 0.274. The molecule has 0 heterocycles. The maximum atomic E-state index is 6.10. The fourth-order valence-electron chi connectivity index (χ4n) is 2.31. The molecular weight excluding hydrogens is 198 g/mol. The van der Waals surface area contributed by atoms with Crippen molar-refractivity contribution in [2.75, 3.05) is 6.61 Å². The summed E-state index contributed by atoms with van der Waals surface area (Å²) in [5.41, 5.74) is 6.10. The predicted octanol–water partition coefficient (Wildman–Crippen LogP) is 3.41. The van der Waals surface area contributed by atoms with Crippen LogP contribution < -0.4 is 5.73 Å². The largest absolute Gasteiger partial charge is 0.377 e. The van der Waals surface area contributed by atoms with Gasteiger partial charge < -0.3 is 10.5 Å². The molecule has 2 N–H and O–H groups in total. The summed E-state index contributed by atoms with van der Waals surface area (Å²) in [6.45, 7) is 4.61. The van der Waals surface area contributed by atoms with Crippen LogP contribution >= 0.6 is 0 Å². The molecule has 1 rings (SSSR count). The van der Waals surface area contributed by atoms with Gasteiger partial charge in [-0.3, -0.25) is 0 Å². The topological polar surface area (TPSA) is 35.2 Å². The van der Waals surface area contributed by atoms with Crippen molar-refractivity contribution in [2.24, 2.45) is 5.73 Å². The van der Waals surface area contributed by atoms with Crippen LogP contribution in [0.15, 0.2) is 12.7 Å². The predicted molar refractivity (Wildman–Crippen MR) is 69.5 cm³/mol. The van der Waals surface area contributed by atoms with E-state index in [1.807, 2.05) is 6.08 Å². The van der Waals surface area contributed by atoms with E-state index in [4.69, 9.17) is 10.5 Å². The maximum Gasteiger partial charge on any atom is 0.0725 e. The lowest BCUT2D eigenvalue weighted by Gasteiger charge is -2.21. The molecule has 0 spiro atoms. The lowest BCUT2D eigenvalue weighted by molar-refractivity contribution is 0.0291. The Bertz CT molecular complexity index is 182. The summed E-state index contributed by atoms with van der Waals surface area (Å²) in [4.78, 5) is 0. The first-order chi connectivity index (χ1) is 7.84. The van der Waals surface area contributed by atoms with Crippen molar-refractivity contribution in [3.63, 3.8) is 0 Å². The van der Waals surface area contributed by atoms with Gasteiger partial charge in [0.25, 0.3) is 0 Å². The molecule has 0 saturated heterocycles. The average Bonchev–Trinajstić information content (AvgIpc) is 2.49. The van der Waals surface area contributed by atoms with Gasteiger partial charge >= 0.3 is 0 Å². The zero-order chi connectivity index (χ0) is 11.6. The number of ether oxygens (including phenoxy) is 1. The van der Waals surface area contributed by atoms with E-state index in [-0.39, 0.29) is 6.04 Å². The first kappa shape index (κ1) is 13.7. The van der Waals surface area contributed by atoms with Crippen LogP contribution in [0.1, 0.15) is 57.8 Å². The van der Waals surface area contributed by atoms with Crippen LogP contribution in [0.4, 0.5) is 0 Å². The van der Waals surface area contributed by atoms with E-state index in [2.05, 4.69) is 6.58 Å². The molecule has 0 amide bonds. The first-order valence-corrected chi connectivity index (χ1v) is 6.82. The van der Waals surface area contributed by atoms with Gasteiger partial charge in [-0.15, -0.1) is 6.58 Å². The molecule has 1 saturated carbocycles. The molecule has 1 aliphatic carbocycles. The Labute approximate surface area is 100 Å². The van der Waals surface area contributed by atoms with Gasteiger partial charge in [0.15, 0.2) is 0 Å². The van der Waals surface area contributed by atoms with Crippen molar-refractivity contribution in [1.29, 1.82) is 0 Å². The molecule has 0 bridgehead atoms. The third-order valence-electron chi connectivity index (χ3n) is 3.39. The first-order valence-electron chi connectivity index (χ1n) is 6.82. The number of hydrogen-bond donors (Lipinski definition) is 1. The fourth-order valence-corrected chi connectivity index (χ4v) is 2.31. The molecule has 2 atom stereocenters. The van der Waals surface area contributed by atoms with Crippen LogP contribution in [0.3, 0.4) is 0 Å². The zero-order valence-corrected chi connectivity index (χ0v) is 10.5. The Kier molecular flexibility index (Phi) is 7.52. The monoisotopic (exact) mass is 225 g/mol. The maximum absolute atomic E-state index is 6.10. The second-order valence-electron chi connectivity index (χ2n) is 4.85. The zero-order valence-electron chi connectivity index (χ0n) is 10.5. The van der Waals surface area contributed by atoms with E-state index in [1.54, 1.807) is 0 Å². The van der Waals surface area contributed by atoms with Crippen molar-refractivity contribution in [2.45, 2.75) is 69.9 Å². The third kappa shape index (κ3) is 5.66. The highest BCUT2D eigenvalue weighted by molar-refractivity contribution is 4.76. The van der Waals surface area contributed by atoms with Crippen LogP contribution in [0.5, 0.6) is 0 Å². The van der Waals surface area contributed by atoms with E-state index in [0.717, 1.165) is 32.3 Å². The van der Waals surface area contributed by atoms with Gasteiger partial charge in [0.2, 0.25) is 0 Å². The van der Waals surface area contributed by atoms with Crippen molar-refractivity contribution in [3.05, 3.63) is 12.7 Å². The number of rotatable bonds is 7. The van der Waals surface area contributed by atoms with Crippen LogP contribution in [-0.2, 0) is 4.74 Å². The van der Waals surface area contributed by atoms with E-state index in [1.165, 1.54) is 32.1 Å². The highest BCUT2D eigenvalue weighted by atomic mass is 16.5. The Morgan fingerprint density at radius 3 is 2.75 bits per heavy atom. The quantitative estimate of drug-likeness (QED) is 0.409. The minimum atomic E-state index is 0.274. The Hall–Kier alpha value is -0.340. The Morgan fingerprint density at radius 2 is 1.94 bits per heavy atom. The van der Waals surface area contributed by atoms with Crippen LogP contribution in [0, 0.1) is 0 Å². The van der Waals surface area contributed by atoms with Gasteiger partial charge in [-0.05, 0) is 32.1 Å². The van der Waals surface area contributed by atoms with E-state index in [0.29, 0.717) is 6.10 Å². The Morgan fingerprint density at radius 1 is 1.12 bits per heavy atom. The van der Waals surface area contributed by atoms with Crippen LogP contribution in [-0.4, -0.2) is 18.8 Å². The molecule has 0 aromatic rings. The van der Waals surface area contributed by atoms with Gasteiger partial charge in [-0.2, -0.15) is 0 Å². The van der Waals surface area contributed by atoms with Gasteiger partial charge in [-0.25, -0.2) is 0 Å². The fraction of sp³-hybridized carbons (Fsp3) is 0.857. The second kappa shape index (κ2) is 8.77.